The molecule has 1 aromatic heterocycles. The predicted molar refractivity (Wildman–Crippen MR) is 140 cm³/mol. The monoisotopic (exact) mass is 514 g/mol. The number of hydrogen-bond acceptors (Lipinski definition) is 6. The predicted octanol–water partition coefficient (Wildman–Crippen LogP) is 3.68. The highest BCUT2D eigenvalue weighted by Gasteiger charge is 2.32. The fourth-order valence-corrected chi connectivity index (χ4v) is 3.98. The molecule has 1 heterocycles. The van der Waals surface area contributed by atoms with Gasteiger partial charge in [-0.3, -0.25) is 10.6 Å². The molecule has 0 bridgehead atoms. The molecule has 0 saturated carbocycles. The van der Waals surface area contributed by atoms with Gasteiger partial charge in [0.2, 0.25) is 5.91 Å². The van der Waals surface area contributed by atoms with Crippen LogP contribution >= 0.6 is 0 Å². The zero-order valence-corrected chi connectivity index (χ0v) is 21.7. The lowest BCUT2D eigenvalue weighted by atomic mass is 10.0. The van der Waals surface area contributed by atoms with Crippen molar-refractivity contribution < 1.29 is 18.7 Å². The van der Waals surface area contributed by atoms with Crippen LogP contribution in [0, 0.1) is 17.6 Å². The summed E-state index contributed by atoms with van der Waals surface area (Å²) in [4.78, 5) is 18.9. The molecule has 8 nitrogen and oxygen atoms in total. The van der Waals surface area contributed by atoms with E-state index in [0.717, 1.165) is 23.8 Å². The van der Waals surface area contributed by atoms with E-state index in [-0.39, 0.29) is 29.4 Å². The van der Waals surface area contributed by atoms with Crippen LogP contribution in [0.1, 0.15) is 45.1 Å². The lowest BCUT2D eigenvalue weighted by Crippen LogP contribution is -2.42. The smallest absolute Gasteiger partial charge is 0.249 e. The van der Waals surface area contributed by atoms with Crippen molar-refractivity contribution in [3.05, 3.63) is 89.6 Å². The molecule has 0 fully saturated rings. The molecule has 0 spiro atoms. The Bertz CT molecular complexity index is 1180. The Labute approximate surface area is 216 Å². The first-order valence-corrected chi connectivity index (χ1v) is 12.1. The first-order chi connectivity index (χ1) is 17.7. The number of hydrazine groups is 1. The van der Waals surface area contributed by atoms with E-state index < -0.39 is 30.2 Å². The number of aromatic nitrogens is 2. The minimum Gasteiger partial charge on any atom is -0.399 e. The van der Waals surface area contributed by atoms with E-state index in [2.05, 4.69) is 10.4 Å². The molecular formula is C27H36F2N6O2. The molecule has 6 N–H and O–H groups in total. The average Bonchev–Trinajstić information content (AvgIpc) is 3.29. The summed E-state index contributed by atoms with van der Waals surface area (Å²) < 4.78 is 30.4. The maximum absolute atomic E-state index is 14.6. The minimum absolute atomic E-state index is 0.00680. The Morgan fingerprint density at radius 3 is 2.46 bits per heavy atom. The number of aliphatic hydroxyl groups excluding tert-OH is 1. The number of aliphatic hydroxyl groups is 1. The SMILES string of the molecule is CC.CC(C)C(c1nc(-c2cc(F)ccc2F)cn1Cc1ccccc1)N(C/C(N)=C/NN)C(=O)CO. The van der Waals surface area contributed by atoms with E-state index in [0.29, 0.717) is 12.4 Å². The number of nitrogens with zero attached hydrogens (tertiary/aromatic N) is 3. The lowest BCUT2D eigenvalue weighted by molar-refractivity contribution is -0.137. The van der Waals surface area contributed by atoms with Crippen LogP contribution in [-0.4, -0.2) is 38.6 Å². The first-order valence-electron chi connectivity index (χ1n) is 12.1. The van der Waals surface area contributed by atoms with Gasteiger partial charge in [0, 0.05) is 30.2 Å². The molecule has 2 aromatic carbocycles. The van der Waals surface area contributed by atoms with Gasteiger partial charge >= 0.3 is 0 Å². The van der Waals surface area contributed by atoms with Gasteiger partial charge in [-0.25, -0.2) is 13.8 Å². The maximum atomic E-state index is 14.6. The number of amides is 1. The fraction of sp³-hybridized carbons (Fsp3) is 0.333. The molecule has 1 amide bonds. The number of carbonyl (C=O) groups is 1. The van der Waals surface area contributed by atoms with E-state index in [1.807, 2.05) is 58.0 Å². The summed E-state index contributed by atoms with van der Waals surface area (Å²) in [5.74, 6) is 3.82. The Balaban J connectivity index is 0.00000235. The van der Waals surface area contributed by atoms with E-state index in [4.69, 9.17) is 11.6 Å². The van der Waals surface area contributed by atoms with Gasteiger partial charge in [-0.2, -0.15) is 0 Å². The molecule has 0 aliphatic heterocycles. The Kier molecular flexibility index (Phi) is 11.2. The van der Waals surface area contributed by atoms with Crippen LogP contribution in [0.5, 0.6) is 0 Å². The maximum Gasteiger partial charge on any atom is 0.249 e. The number of benzene rings is 2. The van der Waals surface area contributed by atoms with Gasteiger partial charge < -0.3 is 25.7 Å². The minimum atomic E-state index is -0.739. The highest BCUT2D eigenvalue weighted by molar-refractivity contribution is 5.78. The summed E-state index contributed by atoms with van der Waals surface area (Å²) in [5, 5.41) is 9.67. The van der Waals surface area contributed by atoms with E-state index >= 15 is 0 Å². The van der Waals surface area contributed by atoms with Crippen LogP contribution in [-0.2, 0) is 11.3 Å². The molecule has 0 aliphatic carbocycles. The zero-order chi connectivity index (χ0) is 27.5. The molecule has 3 aromatic rings. The van der Waals surface area contributed by atoms with Gasteiger partial charge in [-0.15, -0.1) is 0 Å². The van der Waals surface area contributed by atoms with Gasteiger partial charge in [0.1, 0.15) is 24.1 Å². The van der Waals surface area contributed by atoms with Crippen molar-refractivity contribution in [3.63, 3.8) is 0 Å². The Morgan fingerprint density at radius 1 is 1.19 bits per heavy atom. The van der Waals surface area contributed by atoms with Gasteiger partial charge in [0.15, 0.2) is 0 Å². The Morgan fingerprint density at radius 2 is 1.86 bits per heavy atom. The molecule has 37 heavy (non-hydrogen) atoms. The van der Waals surface area contributed by atoms with E-state index in [1.165, 1.54) is 11.1 Å². The van der Waals surface area contributed by atoms with Crippen molar-refractivity contribution >= 4 is 5.91 Å². The zero-order valence-electron chi connectivity index (χ0n) is 21.7. The summed E-state index contributed by atoms with van der Waals surface area (Å²) in [6, 6.07) is 12.1. The summed E-state index contributed by atoms with van der Waals surface area (Å²) in [5.41, 5.74) is 9.79. The lowest BCUT2D eigenvalue weighted by Gasteiger charge is -2.34. The first kappa shape index (κ1) is 29.5. The summed E-state index contributed by atoms with van der Waals surface area (Å²) in [6.07, 6.45) is 2.98. The number of hydrogen-bond donors (Lipinski definition) is 4. The third-order valence-electron chi connectivity index (χ3n) is 5.52. The van der Waals surface area contributed by atoms with Gasteiger partial charge in [-0.05, 0) is 29.7 Å². The van der Waals surface area contributed by atoms with Crippen molar-refractivity contribution in [3.8, 4) is 11.3 Å². The quantitative estimate of drug-likeness (QED) is 0.242. The van der Waals surface area contributed by atoms with Gasteiger partial charge in [-0.1, -0.05) is 58.0 Å². The number of halogens is 2. The number of nitrogens with one attached hydrogen (secondary N) is 1. The number of nitrogens with two attached hydrogens (primary N) is 2. The molecule has 0 saturated heterocycles. The number of rotatable bonds is 10. The molecule has 200 valence electrons. The molecule has 0 aliphatic rings. The molecular weight excluding hydrogens is 478 g/mol. The standard InChI is InChI=1S/C25H30F2N6O2.C2H6/c1-16(2)24(33(23(35)15-34)13-19(28)11-30-29)25-31-22(20-10-18(26)8-9-21(20)27)14-32(25)12-17-6-4-3-5-7-17;1-2/h3-11,14,16,24,30,34H,12-13,15,28-29H2,1-2H3;1-2H3/b19-11-;. The van der Waals surface area contributed by atoms with Crippen LogP contribution in [0.3, 0.4) is 0 Å². The van der Waals surface area contributed by atoms with Crippen LogP contribution in [0.2, 0.25) is 0 Å². The van der Waals surface area contributed by atoms with Crippen molar-refractivity contribution in [1.82, 2.24) is 19.9 Å². The third-order valence-corrected chi connectivity index (χ3v) is 5.52. The molecule has 1 unspecified atom stereocenters. The van der Waals surface area contributed by atoms with Gasteiger partial charge in [0.25, 0.3) is 0 Å². The second-order valence-corrected chi connectivity index (χ2v) is 8.48. The largest absolute Gasteiger partial charge is 0.399 e. The van der Waals surface area contributed by atoms with Crippen LogP contribution in [0.25, 0.3) is 11.3 Å². The highest BCUT2D eigenvalue weighted by atomic mass is 19.1. The average molecular weight is 515 g/mol. The highest BCUT2D eigenvalue weighted by Crippen LogP contribution is 2.32. The van der Waals surface area contributed by atoms with Gasteiger partial charge in [0.05, 0.1) is 18.3 Å². The van der Waals surface area contributed by atoms with Crippen molar-refractivity contribution in [2.45, 2.75) is 40.3 Å². The summed E-state index contributed by atoms with van der Waals surface area (Å²) in [6.45, 7) is 7.40. The summed E-state index contributed by atoms with van der Waals surface area (Å²) in [7, 11) is 0. The number of carbonyl (C=O) groups excluding carboxylic acids is 1. The van der Waals surface area contributed by atoms with Crippen LogP contribution < -0.4 is 17.0 Å². The summed E-state index contributed by atoms with van der Waals surface area (Å²) >= 11 is 0. The Hall–Kier alpha value is -3.76. The second kappa shape index (κ2) is 14.1. The van der Waals surface area contributed by atoms with E-state index in [1.54, 1.807) is 10.8 Å². The van der Waals surface area contributed by atoms with Crippen LogP contribution in [0.4, 0.5) is 8.78 Å². The van der Waals surface area contributed by atoms with Crippen LogP contribution in [0.15, 0.2) is 66.6 Å². The fourth-order valence-electron chi connectivity index (χ4n) is 3.98. The van der Waals surface area contributed by atoms with Crippen molar-refractivity contribution in [1.29, 1.82) is 0 Å². The molecule has 10 heteroatoms. The molecule has 3 rings (SSSR count). The molecule has 1 atom stereocenters. The van der Waals surface area contributed by atoms with Crippen molar-refractivity contribution in [2.75, 3.05) is 13.2 Å². The van der Waals surface area contributed by atoms with Crippen molar-refractivity contribution in [2.24, 2.45) is 17.5 Å². The topological polar surface area (TPSA) is 122 Å². The normalized spacial score (nSPS) is 12.1. The molecule has 0 radical (unpaired) electrons. The second-order valence-electron chi connectivity index (χ2n) is 8.48. The third kappa shape index (κ3) is 7.61. The van der Waals surface area contributed by atoms with E-state index in [9.17, 15) is 18.7 Å². The number of imidazole rings is 1.